The van der Waals surface area contributed by atoms with Crippen LogP contribution in [0.25, 0.3) is 0 Å². The van der Waals surface area contributed by atoms with Crippen molar-refractivity contribution in [1.82, 2.24) is 10.0 Å². The number of nitrogens with one attached hydrogen (secondary N) is 2. The van der Waals surface area contributed by atoms with Crippen molar-refractivity contribution < 1.29 is 26.7 Å². The summed E-state index contributed by atoms with van der Waals surface area (Å²) in [6.45, 7) is 1.01. The molecule has 0 radical (unpaired) electrons. The molecular weight excluding hydrogens is 390 g/mol. The first-order chi connectivity index (χ1) is 13.3. The lowest BCUT2D eigenvalue weighted by Gasteiger charge is -2.08. The monoisotopic (exact) mass is 410 g/mol. The van der Waals surface area contributed by atoms with Crippen LogP contribution in [-0.4, -0.2) is 34.0 Å². The molecule has 0 aliphatic heterocycles. The molecular formula is C19H20F2N2O4S. The Morgan fingerprint density at radius 2 is 1.75 bits per heavy atom. The second kappa shape index (κ2) is 9.95. The second-order valence-electron chi connectivity index (χ2n) is 5.69. The Morgan fingerprint density at radius 1 is 1.11 bits per heavy atom. The van der Waals surface area contributed by atoms with Gasteiger partial charge in [-0.3, -0.25) is 4.79 Å². The van der Waals surface area contributed by atoms with Crippen LogP contribution in [0.5, 0.6) is 5.75 Å². The highest BCUT2D eigenvalue weighted by Gasteiger charge is 2.13. The number of amides is 1. The van der Waals surface area contributed by atoms with Crippen molar-refractivity contribution in [2.24, 2.45) is 0 Å². The van der Waals surface area contributed by atoms with E-state index in [9.17, 15) is 22.0 Å². The maximum absolute atomic E-state index is 12.2. The zero-order chi connectivity index (χ0) is 20.6. The van der Waals surface area contributed by atoms with Gasteiger partial charge in [-0.25, -0.2) is 13.1 Å². The third-order valence-corrected chi connectivity index (χ3v) is 5.13. The van der Waals surface area contributed by atoms with Crippen molar-refractivity contribution in [2.75, 3.05) is 13.1 Å². The van der Waals surface area contributed by atoms with E-state index in [1.54, 1.807) is 12.1 Å². The number of benzene rings is 2. The summed E-state index contributed by atoms with van der Waals surface area (Å²) in [6, 6.07) is 11.7. The number of hydrogen-bond donors (Lipinski definition) is 2. The van der Waals surface area contributed by atoms with Crippen LogP contribution in [0, 0.1) is 0 Å². The van der Waals surface area contributed by atoms with Crippen LogP contribution < -0.4 is 14.8 Å². The molecule has 0 atom stereocenters. The molecule has 0 unspecified atom stereocenters. The molecule has 2 aromatic rings. The number of alkyl halides is 2. The number of hydrogen-bond acceptors (Lipinski definition) is 4. The molecule has 2 N–H and O–H groups in total. The predicted octanol–water partition coefficient (Wildman–Crippen LogP) is 2.72. The molecule has 0 aliphatic rings. The Morgan fingerprint density at radius 3 is 2.32 bits per heavy atom. The van der Waals surface area contributed by atoms with Crippen LogP contribution in [0.1, 0.15) is 15.9 Å². The SMILES string of the molecule is C=CCNS(=O)(=O)c1ccc(C(=O)NCCc2ccc(OC(F)F)cc2)cc1. The number of sulfonamides is 1. The zero-order valence-corrected chi connectivity index (χ0v) is 15.7. The van der Waals surface area contributed by atoms with Gasteiger partial charge in [-0.05, 0) is 48.4 Å². The molecule has 0 aromatic heterocycles. The van der Waals surface area contributed by atoms with Gasteiger partial charge >= 0.3 is 6.61 Å². The minimum absolute atomic E-state index is 0.0528. The van der Waals surface area contributed by atoms with E-state index in [1.165, 1.54) is 42.5 Å². The summed E-state index contributed by atoms with van der Waals surface area (Å²) in [4.78, 5) is 12.2. The standard InChI is InChI=1S/C19H20F2N2O4S/c1-2-12-23-28(25,26)17-9-5-15(6-10-17)18(24)22-13-11-14-3-7-16(8-4-14)27-19(20)21/h2-10,19,23H,1,11-13H2,(H,22,24). The molecule has 150 valence electrons. The molecule has 2 aromatic carbocycles. The second-order valence-corrected chi connectivity index (χ2v) is 7.46. The van der Waals surface area contributed by atoms with Crippen molar-refractivity contribution in [3.63, 3.8) is 0 Å². The van der Waals surface area contributed by atoms with Crippen molar-refractivity contribution in [3.05, 3.63) is 72.3 Å². The van der Waals surface area contributed by atoms with E-state index >= 15 is 0 Å². The molecule has 0 spiro atoms. The summed E-state index contributed by atoms with van der Waals surface area (Å²) < 4.78 is 54.8. The maximum Gasteiger partial charge on any atom is 0.387 e. The normalized spacial score (nSPS) is 11.2. The van der Waals surface area contributed by atoms with Gasteiger partial charge in [0.15, 0.2) is 0 Å². The van der Waals surface area contributed by atoms with E-state index in [0.29, 0.717) is 18.5 Å². The summed E-state index contributed by atoms with van der Waals surface area (Å²) in [6.07, 6.45) is 1.93. The Kier molecular flexibility index (Phi) is 7.65. The van der Waals surface area contributed by atoms with Gasteiger partial charge in [0, 0.05) is 18.7 Å². The van der Waals surface area contributed by atoms with E-state index < -0.39 is 16.6 Å². The van der Waals surface area contributed by atoms with Crippen LogP contribution in [0.2, 0.25) is 0 Å². The maximum atomic E-state index is 12.2. The molecule has 2 rings (SSSR count). The first-order valence-corrected chi connectivity index (χ1v) is 9.83. The lowest BCUT2D eigenvalue weighted by Crippen LogP contribution is -2.26. The van der Waals surface area contributed by atoms with Crippen LogP contribution in [-0.2, 0) is 16.4 Å². The van der Waals surface area contributed by atoms with Crippen LogP contribution in [0.3, 0.4) is 0 Å². The first kappa shape index (κ1) is 21.5. The third kappa shape index (κ3) is 6.43. The van der Waals surface area contributed by atoms with E-state index in [1.807, 2.05) is 0 Å². The Bertz CT molecular complexity index is 899. The van der Waals surface area contributed by atoms with Gasteiger partial charge < -0.3 is 10.1 Å². The highest BCUT2D eigenvalue weighted by molar-refractivity contribution is 7.89. The molecule has 0 saturated carbocycles. The minimum atomic E-state index is -3.64. The summed E-state index contributed by atoms with van der Waals surface area (Å²) in [5.74, 6) is -0.277. The molecule has 0 saturated heterocycles. The largest absolute Gasteiger partial charge is 0.435 e. The Hall–Kier alpha value is -2.78. The summed E-state index contributed by atoms with van der Waals surface area (Å²) in [5, 5.41) is 2.72. The summed E-state index contributed by atoms with van der Waals surface area (Å²) in [5.41, 5.74) is 1.17. The van der Waals surface area contributed by atoms with E-state index in [-0.39, 0.29) is 23.1 Å². The van der Waals surface area contributed by atoms with Gasteiger partial charge in [-0.15, -0.1) is 6.58 Å². The Balaban J connectivity index is 1.87. The van der Waals surface area contributed by atoms with Gasteiger partial charge in [0.25, 0.3) is 5.91 Å². The highest BCUT2D eigenvalue weighted by atomic mass is 32.2. The number of halogens is 2. The number of rotatable bonds is 10. The molecule has 0 fully saturated rings. The van der Waals surface area contributed by atoms with Crippen molar-refractivity contribution >= 4 is 15.9 Å². The first-order valence-electron chi connectivity index (χ1n) is 8.34. The van der Waals surface area contributed by atoms with Crippen molar-refractivity contribution in [3.8, 4) is 5.75 Å². The topological polar surface area (TPSA) is 84.5 Å². The number of ether oxygens (including phenoxy) is 1. The fourth-order valence-electron chi connectivity index (χ4n) is 2.30. The highest BCUT2D eigenvalue weighted by Crippen LogP contribution is 2.15. The molecule has 1 amide bonds. The van der Waals surface area contributed by atoms with Crippen LogP contribution >= 0.6 is 0 Å². The molecule has 6 nitrogen and oxygen atoms in total. The third-order valence-electron chi connectivity index (χ3n) is 3.69. The van der Waals surface area contributed by atoms with Gasteiger partial charge in [-0.1, -0.05) is 18.2 Å². The minimum Gasteiger partial charge on any atom is -0.435 e. The lowest BCUT2D eigenvalue weighted by atomic mass is 10.1. The fourth-order valence-corrected chi connectivity index (χ4v) is 3.30. The molecule has 9 heteroatoms. The lowest BCUT2D eigenvalue weighted by molar-refractivity contribution is -0.0498. The van der Waals surface area contributed by atoms with Crippen molar-refractivity contribution in [1.29, 1.82) is 0 Å². The van der Waals surface area contributed by atoms with E-state index in [4.69, 9.17) is 0 Å². The number of carbonyl (C=O) groups excluding carboxylic acids is 1. The van der Waals surface area contributed by atoms with Gasteiger partial charge in [0.1, 0.15) is 5.75 Å². The van der Waals surface area contributed by atoms with Crippen molar-refractivity contribution in [2.45, 2.75) is 17.9 Å². The fraction of sp³-hybridized carbons (Fsp3) is 0.211. The summed E-state index contributed by atoms with van der Waals surface area (Å²) in [7, 11) is -3.64. The zero-order valence-electron chi connectivity index (χ0n) is 14.9. The van der Waals surface area contributed by atoms with Crippen LogP contribution in [0.15, 0.2) is 66.1 Å². The van der Waals surface area contributed by atoms with E-state index in [0.717, 1.165) is 5.56 Å². The molecule has 0 bridgehead atoms. The predicted molar refractivity (Wildman–Crippen MR) is 101 cm³/mol. The molecule has 0 aliphatic carbocycles. The average Bonchev–Trinajstić information content (AvgIpc) is 2.67. The summed E-state index contributed by atoms with van der Waals surface area (Å²) >= 11 is 0. The average molecular weight is 410 g/mol. The Labute approximate surface area is 162 Å². The van der Waals surface area contributed by atoms with Crippen LogP contribution in [0.4, 0.5) is 8.78 Å². The van der Waals surface area contributed by atoms with Gasteiger partial charge in [-0.2, -0.15) is 8.78 Å². The van der Waals surface area contributed by atoms with Gasteiger partial charge in [0.05, 0.1) is 4.90 Å². The van der Waals surface area contributed by atoms with Gasteiger partial charge in [0.2, 0.25) is 10.0 Å². The van der Waals surface area contributed by atoms with E-state index in [2.05, 4.69) is 21.4 Å². The smallest absolute Gasteiger partial charge is 0.387 e. The molecule has 28 heavy (non-hydrogen) atoms. The number of carbonyl (C=O) groups is 1. The quantitative estimate of drug-likeness (QED) is 0.590. The molecule has 0 heterocycles.